The molecule has 0 aliphatic heterocycles. The minimum atomic E-state index is -0.404. The van der Waals surface area contributed by atoms with E-state index in [2.05, 4.69) is 20.3 Å². The first-order chi connectivity index (χ1) is 9.22. The van der Waals surface area contributed by atoms with Crippen molar-refractivity contribution in [2.45, 2.75) is 6.92 Å². The van der Waals surface area contributed by atoms with Crippen molar-refractivity contribution in [3.63, 3.8) is 0 Å². The average molecular weight is 254 g/mol. The summed E-state index contributed by atoms with van der Waals surface area (Å²) in [6, 6.07) is 8.93. The van der Waals surface area contributed by atoms with Gasteiger partial charge in [-0.3, -0.25) is 9.97 Å². The van der Waals surface area contributed by atoms with Crippen LogP contribution in [0.15, 0.2) is 42.7 Å². The predicted molar refractivity (Wildman–Crippen MR) is 71.8 cm³/mol. The number of aryl methyl sites for hydroxylation is 1. The van der Waals surface area contributed by atoms with Crippen molar-refractivity contribution in [1.29, 1.82) is 0 Å². The van der Waals surface area contributed by atoms with Gasteiger partial charge in [0.1, 0.15) is 5.82 Å². The van der Waals surface area contributed by atoms with Crippen molar-refractivity contribution in [3.8, 4) is 0 Å². The molecule has 0 unspecified atom stereocenters. The van der Waals surface area contributed by atoms with Crippen molar-refractivity contribution >= 4 is 22.5 Å². The van der Waals surface area contributed by atoms with E-state index in [0.29, 0.717) is 11.5 Å². The van der Waals surface area contributed by atoms with Gasteiger partial charge in [0.25, 0.3) is 0 Å². The van der Waals surface area contributed by atoms with Gasteiger partial charge in [-0.05, 0) is 37.3 Å². The average Bonchev–Trinajstić information content (AvgIpc) is 2.43. The standard InChI is InChI=1S/C14H11FN4/c1-9-7-13(10(15)8-17-9)19-14-5-4-11-12(18-14)3-2-6-16-11/h2-8H,1H3,(H,17,18,19). The maximum atomic E-state index is 13.6. The number of hydrogen-bond donors (Lipinski definition) is 1. The van der Waals surface area contributed by atoms with Crippen LogP contribution in [0.25, 0.3) is 11.0 Å². The van der Waals surface area contributed by atoms with Crippen LogP contribution in [0, 0.1) is 12.7 Å². The summed E-state index contributed by atoms with van der Waals surface area (Å²) < 4.78 is 13.6. The summed E-state index contributed by atoms with van der Waals surface area (Å²) in [5.74, 6) is 0.170. The zero-order valence-corrected chi connectivity index (χ0v) is 10.3. The van der Waals surface area contributed by atoms with Gasteiger partial charge in [0.15, 0.2) is 5.82 Å². The van der Waals surface area contributed by atoms with Crippen LogP contribution in [-0.4, -0.2) is 15.0 Å². The zero-order chi connectivity index (χ0) is 13.2. The van der Waals surface area contributed by atoms with Gasteiger partial charge in [-0.1, -0.05) is 0 Å². The van der Waals surface area contributed by atoms with E-state index in [4.69, 9.17) is 0 Å². The molecule has 0 aliphatic carbocycles. The Balaban J connectivity index is 1.98. The van der Waals surface area contributed by atoms with Gasteiger partial charge >= 0.3 is 0 Å². The molecule has 1 N–H and O–H groups in total. The highest BCUT2D eigenvalue weighted by Crippen LogP contribution is 2.20. The second-order valence-corrected chi connectivity index (χ2v) is 4.17. The topological polar surface area (TPSA) is 50.7 Å². The molecule has 3 heterocycles. The van der Waals surface area contributed by atoms with Crippen LogP contribution in [0.5, 0.6) is 0 Å². The van der Waals surface area contributed by atoms with Crippen LogP contribution in [0.4, 0.5) is 15.9 Å². The number of aromatic nitrogens is 3. The molecule has 0 bridgehead atoms. The number of nitrogens with zero attached hydrogens (tertiary/aromatic N) is 3. The lowest BCUT2D eigenvalue weighted by atomic mass is 10.3. The van der Waals surface area contributed by atoms with Crippen molar-refractivity contribution in [3.05, 3.63) is 54.2 Å². The molecule has 5 heteroatoms. The van der Waals surface area contributed by atoms with E-state index in [-0.39, 0.29) is 0 Å². The molecule has 0 fully saturated rings. The van der Waals surface area contributed by atoms with Gasteiger partial charge in [-0.2, -0.15) is 0 Å². The van der Waals surface area contributed by atoms with E-state index >= 15 is 0 Å². The van der Waals surface area contributed by atoms with Gasteiger partial charge in [0.2, 0.25) is 0 Å². The molecule has 0 aromatic carbocycles. The highest BCUT2D eigenvalue weighted by atomic mass is 19.1. The third kappa shape index (κ3) is 2.35. The van der Waals surface area contributed by atoms with E-state index in [9.17, 15) is 4.39 Å². The van der Waals surface area contributed by atoms with Crippen molar-refractivity contribution in [1.82, 2.24) is 15.0 Å². The summed E-state index contributed by atoms with van der Waals surface area (Å²) in [5, 5.41) is 2.95. The van der Waals surface area contributed by atoms with Crippen LogP contribution in [-0.2, 0) is 0 Å². The molecule has 19 heavy (non-hydrogen) atoms. The van der Waals surface area contributed by atoms with Crippen LogP contribution in [0.2, 0.25) is 0 Å². The number of nitrogens with one attached hydrogen (secondary N) is 1. The maximum absolute atomic E-state index is 13.6. The summed E-state index contributed by atoms with van der Waals surface area (Å²) in [4.78, 5) is 12.5. The number of halogens is 1. The van der Waals surface area contributed by atoms with Gasteiger partial charge in [0.05, 0.1) is 22.9 Å². The SMILES string of the molecule is Cc1cc(Nc2ccc3ncccc3n2)c(F)cn1. The Kier molecular flexibility index (Phi) is 2.79. The molecule has 3 aromatic heterocycles. The second kappa shape index (κ2) is 4.61. The number of rotatable bonds is 2. The summed E-state index contributed by atoms with van der Waals surface area (Å²) in [7, 11) is 0. The third-order valence-electron chi connectivity index (χ3n) is 2.71. The first-order valence-electron chi connectivity index (χ1n) is 5.83. The van der Waals surface area contributed by atoms with E-state index < -0.39 is 5.82 Å². The quantitative estimate of drug-likeness (QED) is 0.762. The van der Waals surface area contributed by atoms with Crippen molar-refractivity contribution in [2.24, 2.45) is 0 Å². The second-order valence-electron chi connectivity index (χ2n) is 4.17. The minimum absolute atomic E-state index is 0.364. The lowest BCUT2D eigenvalue weighted by Crippen LogP contribution is -1.98. The van der Waals surface area contributed by atoms with Gasteiger partial charge in [-0.25, -0.2) is 9.37 Å². The normalized spacial score (nSPS) is 10.6. The fourth-order valence-electron chi connectivity index (χ4n) is 1.80. The molecule has 3 aromatic rings. The Hall–Kier alpha value is -2.56. The maximum Gasteiger partial charge on any atom is 0.164 e. The Bertz CT molecular complexity index is 742. The van der Waals surface area contributed by atoms with Gasteiger partial charge in [-0.15, -0.1) is 0 Å². The van der Waals surface area contributed by atoms with Crippen LogP contribution in [0.1, 0.15) is 5.69 Å². The fourth-order valence-corrected chi connectivity index (χ4v) is 1.80. The van der Waals surface area contributed by atoms with Gasteiger partial charge in [0, 0.05) is 11.9 Å². The number of anilines is 2. The lowest BCUT2D eigenvalue weighted by molar-refractivity contribution is 0.624. The highest BCUT2D eigenvalue weighted by Gasteiger charge is 2.05. The molecule has 0 amide bonds. The molecule has 94 valence electrons. The van der Waals surface area contributed by atoms with Crippen LogP contribution >= 0.6 is 0 Å². The zero-order valence-electron chi connectivity index (χ0n) is 10.3. The Morgan fingerprint density at radius 1 is 1.11 bits per heavy atom. The summed E-state index contributed by atoms with van der Waals surface area (Å²) in [5.41, 5.74) is 2.67. The Morgan fingerprint density at radius 3 is 2.89 bits per heavy atom. The largest absolute Gasteiger partial charge is 0.338 e. The monoisotopic (exact) mass is 254 g/mol. The molecule has 0 radical (unpaired) electrons. The smallest absolute Gasteiger partial charge is 0.164 e. The van der Waals surface area contributed by atoms with Crippen LogP contribution < -0.4 is 5.32 Å². The van der Waals surface area contributed by atoms with Crippen molar-refractivity contribution < 1.29 is 4.39 Å². The molecule has 0 spiro atoms. The Morgan fingerprint density at radius 2 is 2.00 bits per heavy atom. The predicted octanol–water partition coefficient (Wildman–Crippen LogP) is 3.22. The molecule has 3 rings (SSSR count). The molecule has 0 atom stereocenters. The van der Waals surface area contributed by atoms with E-state index in [0.717, 1.165) is 16.7 Å². The minimum Gasteiger partial charge on any atom is -0.338 e. The number of hydrogen-bond acceptors (Lipinski definition) is 4. The number of fused-ring (bicyclic) bond motifs is 1. The molecule has 0 saturated carbocycles. The molecular formula is C14H11FN4. The first kappa shape index (κ1) is 11.5. The summed E-state index contributed by atoms with van der Waals surface area (Å²) >= 11 is 0. The summed E-state index contributed by atoms with van der Waals surface area (Å²) in [6.07, 6.45) is 2.91. The third-order valence-corrected chi connectivity index (χ3v) is 2.71. The lowest BCUT2D eigenvalue weighted by Gasteiger charge is -2.07. The van der Waals surface area contributed by atoms with E-state index in [1.807, 2.05) is 25.1 Å². The Labute approximate surface area is 109 Å². The molecule has 4 nitrogen and oxygen atoms in total. The van der Waals surface area contributed by atoms with E-state index in [1.165, 1.54) is 6.20 Å². The van der Waals surface area contributed by atoms with Crippen molar-refractivity contribution in [2.75, 3.05) is 5.32 Å². The van der Waals surface area contributed by atoms with Gasteiger partial charge < -0.3 is 5.32 Å². The summed E-state index contributed by atoms with van der Waals surface area (Å²) in [6.45, 7) is 1.81. The van der Waals surface area contributed by atoms with E-state index in [1.54, 1.807) is 18.3 Å². The first-order valence-corrected chi connectivity index (χ1v) is 5.83. The molecule has 0 aliphatic rings. The molecule has 0 saturated heterocycles. The van der Waals surface area contributed by atoms with Crippen LogP contribution in [0.3, 0.4) is 0 Å². The number of pyridine rings is 3. The molecular weight excluding hydrogens is 243 g/mol. The highest BCUT2D eigenvalue weighted by molar-refractivity contribution is 5.76. The fraction of sp³-hybridized carbons (Fsp3) is 0.0714.